The Kier molecular flexibility index (Phi) is 6.43. The normalized spacial score (nSPS) is 21.5. The number of thiophene rings is 1. The smallest absolute Gasteiger partial charge is 0.237 e. The summed E-state index contributed by atoms with van der Waals surface area (Å²) in [6.07, 6.45) is 6.96. The summed E-state index contributed by atoms with van der Waals surface area (Å²) in [5.41, 5.74) is 3.12. The number of carbonyl (C=O) groups is 2. The standard InChI is InChI=1S/C26H29N5O2S/c1-18-14-30(26-27-12-20(17-32)13-28-26)15-19(2)31(18)16-24(33)29-9-6-21(7-10-29)23-5-3-4-22-8-11-34-25(22)23/h3-6,8,11-13,17-19H,7,9-10,14-16H2,1-2H3/t18-,19+. The van der Waals surface area contributed by atoms with E-state index in [0.717, 1.165) is 32.3 Å². The van der Waals surface area contributed by atoms with Gasteiger partial charge in [0.1, 0.15) is 0 Å². The highest BCUT2D eigenvalue weighted by Gasteiger charge is 2.33. The van der Waals surface area contributed by atoms with E-state index in [4.69, 9.17) is 0 Å². The quantitative estimate of drug-likeness (QED) is 0.524. The third kappa shape index (κ3) is 4.48. The van der Waals surface area contributed by atoms with E-state index < -0.39 is 0 Å². The highest BCUT2D eigenvalue weighted by molar-refractivity contribution is 7.17. The van der Waals surface area contributed by atoms with E-state index in [2.05, 4.69) is 69.3 Å². The second kappa shape index (κ2) is 9.64. The van der Waals surface area contributed by atoms with Crippen molar-refractivity contribution >= 4 is 45.1 Å². The van der Waals surface area contributed by atoms with Crippen molar-refractivity contribution in [1.29, 1.82) is 0 Å². The average Bonchev–Trinajstić information content (AvgIpc) is 3.35. The predicted molar refractivity (Wildman–Crippen MR) is 136 cm³/mol. The van der Waals surface area contributed by atoms with Crippen molar-refractivity contribution in [2.24, 2.45) is 0 Å². The number of hydrogen-bond acceptors (Lipinski definition) is 7. The fourth-order valence-electron chi connectivity index (χ4n) is 5.03. The molecule has 0 N–H and O–H groups in total. The maximum atomic E-state index is 13.2. The summed E-state index contributed by atoms with van der Waals surface area (Å²) in [5.74, 6) is 0.813. The van der Waals surface area contributed by atoms with Crippen LogP contribution in [0.5, 0.6) is 0 Å². The van der Waals surface area contributed by atoms with Crippen molar-refractivity contribution in [2.75, 3.05) is 37.6 Å². The Bertz CT molecular complexity index is 1210. The van der Waals surface area contributed by atoms with Crippen LogP contribution in [0.25, 0.3) is 15.7 Å². The number of nitrogens with zero attached hydrogens (tertiary/aromatic N) is 5. The van der Waals surface area contributed by atoms with Gasteiger partial charge in [-0.1, -0.05) is 24.3 Å². The first-order valence-electron chi connectivity index (χ1n) is 11.7. The summed E-state index contributed by atoms with van der Waals surface area (Å²) in [6.45, 7) is 7.61. The van der Waals surface area contributed by atoms with Crippen LogP contribution in [0.3, 0.4) is 0 Å². The number of hydrogen-bond donors (Lipinski definition) is 0. The van der Waals surface area contributed by atoms with Crippen molar-refractivity contribution in [2.45, 2.75) is 32.4 Å². The minimum Gasteiger partial charge on any atom is -0.338 e. The summed E-state index contributed by atoms with van der Waals surface area (Å²) in [6, 6.07) is 9.01. The number of benzene rings is 1. The third-order valence-corrected chi connectivity index (χ3v) is 7.85. The third-order valence-electron chi connectivity index (χ3n) is 6.88. The van der Waals surface area contributed by atoms with Gasteiger partial charge in [-0.05, 0) is 48.2 Å². The second-order valence-corrected chi connectivity index (χ2v) is 10.1. The van der Waals surface area contributed by atoms with Gasteiger partial charge in [-0.25, -0.2) is 9.97 Å². The molecule has 0 spiro atoms. The molecule has 8 heteroatoms. The van der Waals surface area contributed by atoms with E-state index >= 15 is 0 Å². The summed E-state index contributed by atoms with van der Waals surface area (Å²) in [4.78, 5) is 39.1. The molecule has 34 heavy (non-hydrogen) atoms. The maximum Gasteiger partial charge on any atom is 0.237 e. The fourth-order valence-corrected chi connectivity index (χ4v) is 5.98. The summed E-state index contributed by atoms with van der Waals surface area (Å²) in [5, 5.41) is 3.43. The zero-order valence-electron chi connectivity index (χ0n) is 19.6. The lowest BCUT2D eigenvalue weighted by molar-refractivity contribution is -0.133. The van der Waals surface area contributed by atoms with Crippen LogP contribution >= 0.6 is 11.3 Å². The van der Waals surface area contributed by atoms with Crippen molar-refractivity contribution in [3.63, 3.8) is 0 Å². The first-order valence-corrected chi connectivity index (χ1v) is 12.6. The minimum atomic E-state index is 0.184. The number of carbonyl (C=O) groups excluding carboxylic acids is 2. The first kappa shape index (κ1) is 22.7. The average molecular weight is 476 g/mol. The number of anilines is 1. The molecule has 5 rings (SSSR count). The van der Waals surface area contributed by atoms with Crippen molar-refractivity contribution < 1.29 is 9.59 Å². The summed E-state index contributed by atoms with van der Waals surface area (Å²) >= 11 is 1.78. The lowest BCUT2D eigenvalue weighted by Crippen LogP contribution is -2.59. The van der Waals surface area contributed by atoms with Crippen LogP contribution in [0.15, 0.2) is 48.1 Å². The highest BCUT2D eigenvalue weighted by Crippen LogP contribution is 2.32. The number of aldehydes is 1. The topological polar surface area (TPSA) is 69.6 Å². The van der Waals surface area contributed by atoms with Crippen LogP contribution in [0.1, 0.15) is 36.2 Å². The SMILES string of the molecule is C[C@@H]1CN(c2ncc(C=O)cn2)C[C@H](C)N1CC(=O)N1CC=C(c2cccc3ccsc23)CC1. The number of fused-ring (bicyclic) bond motifs is 1. The van der Waals surface area contributed by atoms with E-state index in [-0.39, 0.29) is 18.0 Å². The molecule has 1 saturated heterocycles. The van der Waals surface area contributed by atoms with Gasteiger partial charge < -0.3 is 9.80 Å². The molecule has 1 amide bonds. The van der Waals surface area contributed by atoms with Gasteiger partial charge in [0.2, 0.25) is 11.9 Å². The number of aromatic nitrogens is 2. The molecule has 176 valence electrons. The molecule has 0 saturated carbocycles. The first-order chi connectivity index (χ1) is 16.5. The van der Waals surface area contributed by atoms with Crippen LogP contribution in [0, 0.1) is 0 Å². The molecule has 7 nitrogen and oxygen atoms in total. The van der Waals surface area contributed by atoms with Crippen molar-refractivity contribution in [1.82, 2.24) is 19.8 Å². The highest BCUT2D eigenvalue weighted by atomic mass is 32.1. The number of rotatable bonds is 5. The Morgan fingerprint density at radius 1 is 1.15 bits per heavy atom. The Morgan fingerprint density at radius 2 is 1.91 bits per heavy atom. The van der Waals surface area contributed by atoms with Gasteiger partial charge in [-0.2, -0.15) is 0 Å². The molecule has 0 unspecified atom stereocenters. The summed E-state index contributed by atoms with van der Waals surface area (Å²) in [7, 11) is 0. The molecule has 0 aliphatic carbocycles. The van der Waals surface area contributed by atoms with Crippen LogP contribution in [-0.2, 0) is 4.79 Å². The second-order valence-electron chi connectivity index (χ2n) is 9.17. The fraction of sp³-hybridized carbons (Fsp3) is 0.385. The number of piperazine rings is 1. The Hall–Kier alpha value is -3.10. The Balaban J connectivity index is 1.21. The van der Waals surface area contributed by atoms with Gasteiger partial charge in [-0.3, -0.25) is 14.5 Å². The van der Waals surface area contributed by atoms with Gasteiger partial charge in [0.15, 0.2) is 6.29 Å². The zero-order chi connectivity index (χ0) is 23.7. The monoisotopic (exact) mass is 475 g/mol. The predicted octanol–water partition coefficient (Wildman–Crippen LogP) is 3.72. The van der Waals surface area contributed by atoms with Crippen molar-refractivity contribution in [3.05, 3.63) is 59.2 Å². The molecule has 2 aliphatic heterocycles. The molecule has 3 aromatic rings. The van der Waals surface area contributed by atoms with Gasteiger partial charge >= 0.3 is 0 Å². The van der Waals surface area contributed by atoms with Crippen LogP contribution in [0.2, 0.25) is 0 Å². The lowest BCUT2D eigenvalue weighted by atomic mass is 9.98. The Labute approximate surface area is 203 Å². The molecule has 0 radical (unpaired) electrons. The van der Waals surface area contributed by atoms with Crippen LogP contribution in [-0.4, -0.2) is 76.8 Å². The van der Waals surface area contributed by atoms with Gasteiger partial charge in [0.05, 0.1) is 12.1 Å². The molecular weight excluding hydrogens is 446 g/mol. The maximum absolute atomic E-state index is 13.2. The minimum absolute atomic E-state index is 0.184. The molecule has 1 fully saturated rings. The van der Waals surface area contributed by atoms with E-state index in [1.165, 1.54) is 21.2 Å². The van der Waals surface area contributed by atoms with Crippen LogP contribution in [0.4, 0.5) is 5.95 Å². The van der Waals surface area contributed by atoms with Gasteiger partial charge in [-0.15, -0.1) is 11.3 Å². The summed E-state index contributed by atoms with van der Waals surface area (Å²) < 4.78 is 1.33. The molecule has 2 aromatic heterocycles. The van der Waals surface area contributed by atoms with E-state index in [0.29, 0.717) is 24.6 Å². The molecular formula is C26H29N5O2S. The largest absolute Gasteiger partial charge is 0.338 e. The number of amides is 1. The van der Waals surface area contributed by atoms with Crippen molar-refractivity contribution in [3.8, 4) is 0 Å². The van der Waals surface area contributed by atoms with E-state index in [1.807, 2.05) is 4.90 Å². The lowest BCUT2D eigenvalue weighted by Gasteiger charge is -2.44. The molecule has 4 heterocycles. The van der Waals surface area contributed by atoms with E-state index in [9.17, 15) is 9.59 Å². The Morgan fingerprint density at radius 3 is 2.59 bits per heavy atom. The van der Waals surface area contributed by atoms with Crippen LogP contribution < -0.4 is 4.90 Å². The van der Waals surface area contributed by atoms with Gasteiger partial charge in [0, 0.05) is 55.4 Å². The molecule has 0 bridgehead atoms. The van der Waals surface area contributed by atoms with Gasteiger partial charge in [0.25, 0.3) is 0 Å². The van der Waals surface area contributed by atoms with E-state index in [1.54, 1.807) is 23.7 Å². The molecule has 1 aromatic carbocycles. The molecule has 2 atom stereocenters. The molecule has 2 aliphatic rings. The zero-order valence-corrected chi connectivity index (χ0v) is 20.4.